The lowest BCUT2D eigenvalue weighted by Crippen LogP contribution is -2.29. The van der Waals surface area contributed by atoms with Crippen LogP contribution in [0.25, 0.3) is 0 Å². The highest BCUT2D eigenvalue weighted by atomic mass is 16.1. The SMILES string of the molecule is Cc1cc(C)c(CCC(=O)c2ccc3c(c2)CCCN3Cc2ccccc2)c(=O)[nH]1. The maximum atomic E-state index is 12.8. The predicted molar refractivity (Wildman–Crippen MR) is 121 cm³/mol. The minimum Gasteiger partial charge on any atom is -0.367 e. The number of carbonyl (C=O) groups excluding carboxylic acids is 1. The molecule has 3 aromatic rings. The molecule has 0 unspecified atom stereocenters. The van der Waals surface area contributed by atoms with E-state index in [9.17, 15) is 9.59 Å². The van der Waals surface area contributed by atoms with Crippen LogP contribution in [-0.2, 0) is 19.4 Å². The summed E-state index contributed by atoms with van der Waals surface area (Å²) >= 11 is 0. The molecule has 1 aromatic heterocycles. The van der Waals surface area contributed by atoms with Crippen LogP contribution in [0.2, 0.25) is 0 Å². The monoisotopic (exact) mass is 400 g/mol. The first-order valence-corrected chi connectivity index (χ1v) is 10.7. The number of aryl methyl sites for hydroxylation is 3. The average Bonchev–Trinajstić information content (AvgIpc) is 2.73. The molecule has 0 saturated carbocycles. The van der Waals surface area contributed by atoms with Gasteiger partial charge in [-0.15, -0.1) is 0 Å². The Labute approximate surface area is 177 Å². The Balaban J connectivity index is 1.48. The van der Waals surface area contributed by atoms with Gasteiger partial charge in [0.25, 0.3) is 5.56 Å². The lowest BCUT2D eigenvalue weighted by atomic mass is 9.95. The molecule has 1 aliphatic rings. The number of Topliss-reactive ketones (excluding diaryl/α,β-unsaturated/α-hetero) is 1. The van der Waals surface area contributed by atoms with Crippen LogP contribution in [0.4, 0.5) is 5.69 Å². The Bertz CT molecular complexity index is 1120. The molecule has 1 N–H and O–H groups in total. The smallest absolute Gasteiger partial charge is 0.251 e. The molecule has 2 aromatic carbocycles. The van der Waals surface area contributed by atoms with Crippen LogP contribution in [0.15, 0.2) is 59.4 Å². The molecule has 0 saturated heterocycles. The van der Waals surface area contributed by atoms with Crippen LogP contribution >= 0.6 is 0 Å². The van der Waals surface area contributed by atoms with Crippen molar-refractivity contribution >= 4 is 11.5 Å². The normalized spacial score (nSPS) is 13.2. The minimum absolute atomic E-state index is 0.0812. The Hall–Kier alpha value is -3.14. The summed E-state index contributed by atoms with van der Waals surface area (Å²) < 4.78 is 0. The number of hydrogen-bond donors (Lipinski definition) is 1. The van der Waals surface area contributed by atoms with Gasteiger partial charge in [-0.1, -0.05) is 30.3 Å². The summed E-state index contributed by atoms with van der Waals surface area (Å²) in [7, 11) is 0. The van der Waals surface area contributed by atoms with Crippen LogP contribution in [0.1, 0.15) is 51.1 Å². The second kappa shape index (κ2) is 8.70. The van der Waals surface area contributed by atoms with Crippen molar-refractivity contribution < 1.29 is 4.79 Å². The third kappa shape index (κ3) is 4.38. The van der Waals surface area contributed by atoms with E-state index in [1.807, 2.05) is 32.0 Å². The van der Waals surface area contributed by atoms with Crippen LogP contribution in [0, 0.1) is 13.8 Å². The number of anilines is 1. The van der Waals surface area contributed by atoms with E-state index in [1.54, 1.807) is 0 Å². The quantitative estimate of drug-likeness (QED) is 0.607. The maximum absolute atomic E-state index is 12.8. The number of aromatic nitrogens is 1. The molecule has 4 heteroatoms. The van der Waals surface area contributed by atoms with Crippen molar-refractivity contribution in [3.63, 3.8) is 0 Å². The summed E-state index contributed by atoms with van der Waals surface area (Å²) in [4.78, 5) is 30.3. The number of pyridine rings is 1. The Morgan fingerprint density at radius 1 is 1.07 bits per heavy atom. The fraction of sp³-hybridized carbons (Fsp3) is 0.308. The molecule has 0 spiro atoms. The second-order valence-electron chi connectivity index (χ2n) is 8.22. The average molecular weight is 401 g/mol. The zero-order valence-corrected chi connectivity index (χ0v) is 17.7. The van der Waals surface area contributed by atoms with E-state index in [-0.39, 0.29) is 11.3 Å². The van der Waals surface area contributed by atoms with Crippen molar-refractivity contribution in [3.8, 4) is 0 Å². The lowest BCUT2D eigenvalue weighted by Gasteiger charge is -2.31. The molecule has 30 heavy (non-hydrogen) atoms. The van der Waals surface area contributed by atoms with Crippen LogP contribution in [0.3, 0.4) is 0 Å². The van der Waals surface area contributed by atoms with Gasteiger partial charge in [-0.05, 0) is 74.1 Å². The molecule has 0 fully saturated rings. The molecule has 1 aliphatic heterocycles. The first kappa shape index (κ1) is 20.1. The summed E-state index contributed by atoms with van der Waals surface area (Å²) in [5.41, 5.74) is 6.94. The van der Waals surface area contributed by atoms with Crippen LogP contribution < -0.4 is 10.5 Å². The fourth-order valence-electron chi connectivity index (χ4n) is 4.39. The number of nitrogens with one attached hydrogen (secondary N) is 1. The van der Waals surface area contributed by atoms with E-state index in [0.29, 0.717) is 18.4 Å². The molecule has 154 valence electrons. The molecule has 2 heterocycles. The van der Waals surface area contributed by atoms with E-state index >= 15 is 0 Å². The van der Waals surface area contributed by atoms with E-state index in [2.05, 4.69) is 46.3 Å². The molecule has 0 bridgehead atoms. The number of fused-ring (bicyclic) bond motifs is 1. The maximum Gasteiger partial charge on any atom is 0.251 e. The van der Waals surface area contributed by atoms with E-state index in [4.69, 9.17) is 0 Å². The number of ketones is 1. The molecule has 0 atom stereocenters. The van der Waals surface area contributed by atoms with Gasteiger partial charge in [0.1, 0.15) is 0 Å². The Kier molecular flexibility index (Phi) is 5.84. The molecule has 4 nitrogen and oxygen atoms in total. The van der Waals surface area contributed by atoms with Gasteiger partial charge >= 0.3 is 0 Å². The van der Waals surface area contributed by atoms with Crippen LogP contribution in [-0.4, -0.2) is 17.3 Å². The molecular weight excluding hydrogens is 372 g/mol. The largest absolute Gasteiger partial charge is 0.367 e. The van der Waals surface area contributed by atoms with E-state index in [1.165, 1.54) is 16.8 Å². The number of nitrogens with zero attached hydrogens (tertiary/aromatic N) is 1. The second-order valence-corrected chi connectivity index (χ2v) is 8.22. The number of hydrogen-bond acceptors (Lipinski definition) is 3. The number of carbonyl (C=O) groups is 1. The van der Waals surface area contributed by atoms with Crippen molar-refractivity contribution in [2.75, 3.05) is 11.4 Å². The third-order valence-corrected chi connectivity index (χ3v) is 5.93. The van der Waals surface area contributed by atoms with Crippen molar-refractivity contribution in [2.45, 2.75) is 46.1 Å². The highest BCUT2D eigenvalue weighted by Crippen LogP contribution is 2.30. The first-order valence-electron chi connectivity index (χ1n) is 10.7. The number of H-pyrrole nitrogens is 1. The van der Waals surface area contributed by atoms with Crippen molar-refractivity contribution in [2.24, 2.45) is 0 Å². The number of rotatable bonds is 6. The molecule has 0 amide bonds. The summed E-state index contributed by atoms with van der Waals surface area (Å²) in [5, 5.41) is 0. The van der Waals surface area contributed by atoms with Crippen molar-refractivity contribution in [3.05, 3.63) is 98.5 Å². The zero-order chi connectivity index (χ0) is 21.1. The van der Waals surface area contributed by atoms with E-state index in [0.717, 1.165) is 42.8 Å². The summed E-state index contributed by atoms with van der Waals surface area (Å²) in [6.07, 6.45) is 2.91. The van der Waals surface area contributed by atoms with Gasteiger partial charge in [0, 0.05) is 42.0 Å². The van der Waals surface area contributed by atoms with E-state index < -0.39 is 0 Å². The standard InChI is InChI=1S/C26H28N2O2/c1-18-15-19(2)27-26(30)23(18)11-13-25(29)22-10-12-24-21(16-22)9-6-14-28(24)17-20-7-4-3-5-8-20/h3-5,7-8,10,12,15-16H,6,9,11,13-14,17H2,1-2H3,(H,27,30). The van der Waals surface area contributed by atoms with Crippen molar-refractivity contribution in [1.82, 2.24) is 4.98 Å². The van der Waals surface area contributed by atoms with Gasteiger partial charge in [-0.2, -0.15) is 0 Å². The fourth-order valence-corrected chi connectivity index (χ4v) is 4.39. The highest BCUT2D eigenvalue weighted by molar-refractivity contribution is 5.97. The molecule has 0 aliphatic carbocycles. The topological polar surface area (TPSA) is 53.2 Å². The number of benzene rings is 2. The van der Waals surface area contributed by atoms with Gasteiger partial charge in [-0.25, -0.2) is 0 Å². The van der Waals surface area contributed by atoms with Gasteiger partial charge in [-0.3, -0.25) is 9.59 Å². The number of aromatic amines is 1. The van der Waals surface area contributed by atoms with Gasteiger partial charge in [0.15, 0.2) is 5.78 Å². The lowest BCUT2D eigenvalue weighted by molar-refractivity contribution is 0.0982. The van der Waals surface area contributed by atoms with Gasteiger partial charge in [0.2, 0.25) is 0 Å². The molecule has 4 rings (SSSR count). The summed E-state index contributed by atoms with van der Waals surface area (Å²) in [6, 6.07) is 18.5. The third-order valence-electron chi connectivity index (χ3n) is 5.93. The Morgan fingerprint density at radius 2 is 1.87 bits per heavy atom. The zero-order valence-electron chi connectivity index (χ0n) is 17.7. The van der Waals surface area contributed by atoms with Gasteiger partial charge < -0.3 is 9.88 Å². The minimum atomic E-state index is -0.0812. The first-order chi connectivity index (χ1) is 14.5. The Morgan fingerprint density at radius 3 is 2.63 bits per heavy atom. The molecule has 0 radical (unpaired) electrons. The van der Waals surface area contributed by atoms with Gasteiger partial charge in [0.05, 0.1) is 0 Å². The van der Waals surface area contributed by atoms with Crippen molar-refractivity contribution in [1.29, 1.82) is 0 Å². The van der Waals surface area contributed by atoms with Crippen LogP contribution in [0.5, 0.6) is 0 Å². The highest BCUT2D eigenvalue weighted by Gasteiger charge is 2.19. The predicted octanol–water partition coefficient (Wildman–Crippen LogP) is 4.76. The summed E-state index contributed by atoms with van der Waals surface area (Å²) in [6.45, 7) is 5.72. The molecular formula is C26H28N2O2. The summed E-state index contributed by atoms with van der Waals surface area (Å²) in [5.74, 6) is 0.0948.